The van der Waals surface area contributed by atoms with E-state index >= 15 is 0 Å². The van der Waals surface area contributed by atoms with Crippen LogP contribution in [0.3, 0.4) is 0 Å². The van der Waals surface area contributed by atoms with Crippen LogP contribution in [-0.4, -0.2) is 9.78 Å². The number of unbranched alkanes of at least 4 members (excludes halogenated alkanes) is 1. The van der Waals surface area contributed by atoms with E-state index in [1.54, 1.807) is 0 Å². The predicted molar refractivity (Wildman–Crippen MR) is 80.6 cm³/mol. The standard InChI is InChI=1S/C17H24N2/c1-5-6-8-19-9-7-16(18-19)12-17-14(3)10-13(2)11-15(17)4/h7,9-11H,5-6,8,12H2,1-4H3. The Bertz CT molecular complexity index is 529. The van der Waals surface area contributed by atoms with Gasteiger partial charge in [-0.25, -0.2) is 0 Å². The molecule has 0 spiro atoms. The number of nitrogens with zero attached hydrogens (tertiary/aromatic N) is 2. The molecule has 0 unspecified atom stereocenters. The van der Waals surface area contributed by atoms with Gasteiger partial charge in [-0.05, 0) is 49.9 Å². The molecule has 0 saturated heterocycles. The summed E-state index contributed by atoms with van der Waals surface area (Å²) in [4.78, 5) is 0. The molecular formula is C17H24N2. The normalized spacial score (nSPS) is 10.9. The van der Waals surface area contributed by atoms with Gasteiger partial charge < -0.3 is 0 Å². The molecule has 0 aliphatic rings. The first kappa shape index (κ1) is 13.9. The zero-order valence-corrected chi connectivity index (χ0v) is 12.5. The average Bonchev–Trinajstić information content (AvgIpc) is 2.79. The van der Waals surface area contributed by atoms with Crippen molar-refractivity contribution in [3.63, 3.8) is 0 Å². The Morgan fingerprint density at radius 2 is 1.79 bits per heavy atom. The third-order valence-electron chi connectivity index (χ3n) is 3.63. The first-order valence-corrected chi connectivity index (χ1v) is 7.19. The highest BCUT2D eigenvalue weighted by atomic mass is 15.3. The predicted octanol–water partition coefficient (Wildman–Crippen LogP) is 4.20. The van der Waals surface area contributed by atoms with E-state index in [9.17, 15) is 0 Å². The fraction of sp³-hybridized carbons (Fsp3) is 0.471. The van der Waals surface area contributed by atoms with Crippen LogP contribution in [0.25, 0.3) is 0 Å². The Morgan fingerprint density at radius 3 is 2.42 bits per heavy atom. The number of hydrogen-bond donors (Lipinski definition) is 0. The zero-order chi connectivity index (χ0) is 13.8. The maximum atomic E-state index is 4.66. The second-order valence-electron chi connectivity index (χ2n) is 5.48. The van der Waals surface area contributed by atoms with E-state index in [4.69, 9.17) is 0 Å². The molecule has 2 aromatic rings. The van der Waals surface area contributed by atoms with Gasteiger partial charge in [0.1, 0.15) is 0 Å². The van der Waals surface area contributed by atoms with Gasteiger partial charge in [-0.1, -0.05) is 31.0 Å². The molecule has 2 heteroatoms. The van der Waals surface area contributed by atoms with Crippen LogP contribution in [0.2, 0.25) is 0 Å². The lowest BCUT2D eigenvalue weighted by Crippen LogP contribution is -2.01. The van der Waals surface area contributed by atoms with Gasteiger partial charge in [-0.2, -0.15) is 5.10 Å². The lowest BCUT2D eigenvalue weighted by molar-refractivity contribution is 0.566. The molecule has 0 saturated carbocycles. The summed E-state index contributed by atoms with van der Waals surface area (Å²) < 4.78 is 2.07. The molecule has 1 aromatic heterocycles. The van der Waals surface area contributed by atoms with Gasteiger partial charge in [0.05, 0.1) is 5.69 Å². The summed E-state index contributed by atoms with van der Waals surface area (Å²) in [6, 6.07) is 6.67. The minimum atomic E-state index is 0.942. The SMILES string of the molecule is CCCCn1ccc(Cc2c(C)cc(C)cc2C)n1. The minimum absolute atomic E-state index is 0.942. The molecule has 0 N–H and O–H groups in total. The maximum absolute atomic E-state index is 4.66. The van der Waals surface area contributed by atoms with Crippen molar-refractivity contribution in [1.29, 1.82) is 0 Å². The molecule has 19 heavy (non-hydrogen) atoms. The molecule has 2 nitrogen and oxygen atoms in total. The summed E-state index contributed by atoms with van der Waals surface area (Å²) in [5.41, 5.74) is 6.69. The molecule has 0 aliphatic carbocycles. The molecular weight excluding hydrogens is 232 g/mol. The van der Waals surface area contributed by atoms with Crippen LogP contribution in [0.1, 0.15) is 47.7 Å². The molecule has 1 aromatic carbocycles. The molecule has 0 radical (unpaired) electrons. The van der Waals surface area contributed by atoms with Gasteiger partial charge in [0.2, 0.25) is 0 Å². The largest absolute Gasteiger partial charge is 0.272 e. The summed E-state index contributed by atoms with van der Waals surface area (Å²) in [7, 11) is 0. The fourth-order valence-electron chi connectivity index (χ4n) is 2.61. The Hall–Kier alpha value is -1.57. The molecule has 2 rings (SSSR count). The van der Waals surface area contributed by atoms with Crippen molar-refractivity contribution in [3.05, 3.63) is 52.3 Å². The van der Waals surface area contributed by atoms with Gasteiger partial charge in [-0.3, -0.25) is 4.68 Å². The van der Waals surface area contributed by atoms with Crippen LogP contribution >= 0.6 is 0 Å². The van der Waals surface area contributed by atoms with Crippen molar-refractivity contribution in [2.75, 3.05) is 0 Å². The lowest BCUT2D eigenvalue weighted by atomic mass is 9.96. The highest BCUT2D eigenvalue weighted by molar-refractivity contribution is 5.39. The minimum Gasteiger partial charge on any atom is -0.272 e. The topological polar surface area (TPSA) is 17.8 Å². The van der Waals surface area contributed by atoms with Crippen LogP contribution < -0.4 is 0 Å². The van der Waals surface area contributed by atoms with Gasteiger partial charge in [-0.15, -0.1) is 0 Å². The number of aryl methyl sites for hydroxylation is 4. The molecule has 0 aliphatic heterocycles. The van der Waals surface area contributed by atoms with Gasteiger partial charge in [0, 0.05) is 19.2 Å². The van der Waals surface area contributed by atoms with E-state index in [0.29, 0.717) is 0 Å². The first-order valence-electron chi connectivity index (χ1n) is 7.19. The lowest BCUT2D eigenvalue weighted by Gasteiger charge is -2.10. The first-order chi connectivity index (χ1) is 9.10. The van der Waals surface area contributed by atoms with Crippen molar-refractivity contribution in [2.45, 2.75) is 53.5 Å². The second kappa shape index (κ2) is 6.05. The van der Waals surface area contributed by atoms with Crippen LogP contribution in [0.5, 0.6) is 0 Å². The van der Waals surface area contributed by atoms with Crippen molar-refractivity contribution >= 4 is 0 Å². The van der Waals surface area contributed by atoms with E-state index in [2.05, 4.69) is 61.9 Å². The highest BCUT2D eigenvalue weighted by Gasteiger charge is 2.07. The molecule has 0 fully saturated rings. The molecule has 0 atom stereocenters. The summed E-state index contributed by atoms with van der Waals surface area (Å²) in [5, 5.41) is 4.66. The summed E-state index contributed by atoms with van der Waals surface area (Å²) in [5.74, 6) is 0. The quantitative estimate of drug-likeness (QED) is 0.784. The Morgan fingerprint density at radius 1 is 1.11 bits per heavy atom. The summed E-state index contributed by atoms with van der Waals surface area (Å²) >= 11 is 0. The van der Waals surface area contributed by atoms with Crippen molar-refractivity contribution in [3.8, 4) is 0 Å². The van der Waals surface area contributed by atoms with E-state index in [1.807, 2.05) is 0 Å². The number of aromatic nitrogens is 2. The van der Waals surface area contributed by atoms with Gasteiger partial charge in [0.25, 0.3) is 0 Å². The summed E-state index contributed by atoms with van der Waals surface area (Å²) in [6.45, 7) is 9.79. The van der Waals surface area contributed by atoms with Crippen LogP contribution in [0, 0.1) is 20.8 Å². The molecule has 0 bridgehead atoms. The van der Waals surface area contributed by atoms with E-state index in [0.717, 1.165) is 13.0 Å². The van der Waals surface area contributed by atoms with E-state index < -0.39 is 0 Å². The molecule has 1 heterocycles. The number of benzene rings is 1. The van der Waals surface area contributed by atoms with Crippen LogP contribution in [0.15, 0.2) is 24.4 Å². The van der Waals surface area contributed by atoms with Crippen molar-refractivity contribution in [2.24, 2.45) is 0 Å². The van der Waals surface area contributed by atoms with E-state index in [1.165, 1.54) is 40.8 Å². The monoisotopic (exact) mass is 256 g/mol. The smallest absolute Gasteiger partial charge is 0.0668 e. The Labute approximate surface area is 116 Å². The Balaban J connectivity index is 2.15. The van der Waals surface area contributed by atoms with Crippen molar-refractivity contribution in [1.82, 2.24) is 9.78 Å². The average molecular weight is 256 g/mol. The molecule has 102 valence electrons. The number of hydrogen-bond acceptors (Lipinski definition) is 1. The number of rotatable bonds is 5. The van der Waals surface area contributed by atoms with Gasteiger partial charge >= 0.3 is 0 Å². The van der Waals surface area contributed by atoms with E-state index in [-0.39, 0.29) is 0 Å². The Kier molecular flexibility index (Phi) is 4.41. The molecule has 0 amide bonds. The highest BCUT2D eigenvalue weighted by Crippen LogP contribution is 2.19. The third kappa shape index (κ3) is 3.46. The zero-order valence-electron chi connectivity index (χ0n) is 12.5. The van der Waals surface area contributed by atoms with Gasteiger partial charge in [0.15, 0.2) is 0 Å². The van der Waals surface area contributed by atoms with Crippen LogP contribution in [-0.2, 0) is 13.0 Å². The fourth-order valence-corrected chi connectivity index (χ4v) is 2.61. The van der Waals surface area contributed by atoms with Crippen LogP contribution in [0.4, 0.5) is 0 Å². The third-order valence-corrected chi connectivity index (χ3v) is 3.63. The summed E-state index contributed by atoms with van der Waals surface area (Å²) in [6.07, 6.45) is 5.45. The maximum Gasteiger partial charge on any atom is 0.0668 e. The second-order valence-corrected chi connectivity index (χ2v) is 5.48. The van der Waals surface area contributed by atoms with Crippen molar-refractivity contribution < 1.29 is 0 Å².